The van der Waals surface area contributed by atoms with E-state index < -0.39 is 0 Å². The van der Waals surface area contributed by atoms with Gasteiger partial charge in [-0.05, 0) is 36.8 Å². The molecule has 8 nitrogen and oxygen atoms in total. The van der Waals surface area contributed by atoms with E-state index >= 15 is 0 Å². The standard InChI is InChI=1S/C23H23FN6O2/c1-15(16-5-7-17(24)8-6-16)29-9-11-30(12-10-29)20-13-21(26-14-25-20)32-19-4-2-3-18-22(19)28-23(31)27-18/h2-8,13-15H,9-12H2,1H3,(H2,27,28,31)/t15-/m1/s1. The van der Waals surface area contributed by atoms with Gasteiger partial charge in [0.15, 0.2) is 5.75 Å². The third-order valence-electron chi connectivity index (χ3n) is 5.89. The number of para-hydroxylation sites is 1. The van der Waals surface area contributed by atoms with Crippen LogP contribution in [0.2, 0.25) is 0 Å². The van der Waals surface area contributed by atoms with Crippen LogP contribution in [0.3, 0.4) is 0 Å². The van der Waals surface area contributed by atoms with Crippen LogP contribution in [0.4, 0.5) is 10.2 Å². The first-order valence-corrected chi connectivity index (χ1v) is 10.5. The highest BCUT2D eigenvalue weighted by atomic mass is 19.1. The second-order valence-electron chi connectivity index (χ2n) is 7.82. The number of anilines is 1. The van der Waals surface area contributed by atoms with Crippen molar-refractivity contribution >= 4 is 16.9 Å². The number of ether oxygens (including phenoxy) is 1. The van der Waals surface area contributed by atoms with Gasteiger partial charge in [0.25, 0.3) is 0 Å². The number of hydrogen-bond donors (Lipinski definition) is 2. The molecule has 0 unspecified atom stereocenters. The fourth-order valence-corrected chi connectivity index (χ4v) is 4.08. The smallest absolute Gasteiger partial charge is 0.323 e. The molecule has 0 bridgehead atoms. The van der Waals surface area contributed by atoms with Gasteiger partial charge < -0.3 is 19.6 Å². The van der Waals surface area contributed by atoms with E-state index in [9.17, 15) is 9.18 Å². The van der Waals surface area contributed by atoms with Crippen LogP contribution in [0.1, 0.15) is 18.5 Å². The maximum Gasteiger partial charge on any atom is 0.323 e. The first-order chi connectivity index (χ1) is 15.6. The van der Waals surface area contributed by atoms with Crippen molar-refractivity contribution in [1.82, 2.24) is 24.8 Å². The average molecular weight is 434 g/mol. The van der Waals surface area contributed by atoms with Crippen molar-refractivity contribution in [2.45, 2.75) is 13.0 Å². The van der Waals surface area contributed by atoms with Crippen molar-refractivity contribution in [3.63, 3.8) is 0 Å². The Bertz CT molecular complexity index is 1280. The van der Waals surface area contributed by atoms with Crippen molar-refractivity contribution in [1.29, 1.82) is 0 Å². The number of piperazine rings is 1. The van der Waals surface area contributed by atoms with Crippen molar-refractivity contribution in [3.05, 3.63) is 76.7 Å². The molecule has 0 radical (unpaired) electrons. The van der Waals surface area contributed by atoms with E-state index in [1.165, 1.54) is 18.5 Å². The summed E-state index contributed by atoms with van der Waals surface area (Å²) in [5, 5.41) is 0. The molecule has 9 heteroatoms. The Morgan fingerprint density at radius 1 is 1.03 bits per heavy atom. The number of aromatic amines is 2. The van der Waals surface area contributed by atoms with Gasteiger partial charge >= 0.3 is 5.69 Å². The van der Waals surface area contributed by atoms with Crippen LogP contribution >= 0.6 is 0 Å². The summed E-state index contributed by atoms with van der Waals surface area (Å²) < 4.78 is 19.2. The molecule has 0 saturated carbocycles. The molecule has 1 aliphatic heterocycles. The summed E-state index contributed by atoms with van der Waals surface area (Å²) in [7, 11) is 0. The fourth-order valence-electron chi connectivity index (χ4n) is 4.08. The van der Waals surface area contributed by atoms with Crippen molar-refractivity contribution in [3.8, 4) is 11.6 Å². The zero-order chi connectivity index (χ0) is 22.1. The summed E-state index contributed by atoms with van der Waals surface area (Å²) in [5.74, 6) is 1.50. The second kappa shape index (κ2) is 8.43. The lowest BCUT2D eigenvalue weighted by Gasteiger charge is -2.38. The quantitative estimate of drug-likeness (QED) is 0.500. The van der Waals surface area contributed by atoms with E-state index in [1.807, 2.05) is 24.3 Å². The van der Waals surface area contributed by atoms with Gasteiger partial charge in [0.1, 0.15) is 23.5 Å². The summed E-state index contributed by atoms with van der Waals surface area (Å²) in [6.07, 6.45) is 1.48. The summed E-state index contributed by atoms with van der Waals surface area (Å²) in [6.45, 7) is 5.49. The third-order valence-corrected chi connectivity index (χ3v) is 5.89. The van der Waals surface area contributed by atoms with Crippen LogP contribution in [-0.4, -0.2) is 51.0 Å². The molecule has 164 valence electrons. The number of fused-ring (bicyclic) bond motifs is 1. The molecule has 1 fully saturated rings. The monoisotopic (exact) mass is 434 g/mol. The topological polar surface area (TPSA) is 90.1 Å². The minimum absolute atomic E-state index is 0.214. The summed E-state index contributed by atoms with van der Waals surface area (Å²) in [6, 6.07) is 14.1. The highest BCUT2D eigenvalue weighted by Crippen LogP contribution is 2.28. The lowest BCUT2D eigenvalue weighted by Crippen LogP contribution is -2.47. The maximum atomic E-state index is 13.2. The molecular formula is C23H23FN6O2. The summed E-state index contributed by atoms with van der Waals surface area (Å²) in [4.78, 5) is 30.3. The van der Waals surface area contributed by atoms with Crippen molar-refractivity contribution in [2.24, 2.45) is 0 Å². The lowest BCUT2D eigenvalue weighted by atomic mass is 10.1. The number of benzene rings is 2. The van der Waals surface area contributed by atoms with E-state index in [1.54, 1.807) is 12.1 Å². The molecule has 1 aliphatic rings. The number of rotatable bonds is 5. The lowest BCUT2D eigenvalue weighted by molar-refractivity contribution is 0.198. The Labute approximate surface area is 183 Å². The van der Waals surface area contributed by atoms with Crippen LogP contribution in [0, 0.1) is 5.82 Å². The van der Waals surface area contributed by atoms with E-state index in [-0.39, 0.29) is 17.5 Å². The number of halogens is 1. The number of H-pyrrole nitrogens is 2. The molecule has 2 N–H and O–H groups in total. The molecule has 1 saturated heterocycles. The molecule has 3 heterocycles. The highest BCUT2D eigenvalue weighted by Gasteiger charge is 2.23. The normalized spacial score (nSPS) is 15.8. The average Bonchev–Trinajstić information content (AvgIpc) is 3.21. The van der Waals surface area contributed by atoms with Gasteiger partial charge in [-0.3, -0.25) is 4.90 Å². The Morgan fingerprint density at radius 2 is 1.81 bits per heavy atom. The van der Waals surface area contributed by atoms with Crippen molar-refractivity contribution < 1.29 is 9.13 Å². The van der Waals surface area contributed by atoms with E-state index in [4.69, 9.17) is 4.74 Å². The molecular weight excluding hydrogens is 411 g/mol. The van der Waals surface area contributed by atoms with Crippen LogP contribution in [-0.2, 0) is 0 Å². The molecule has 2 aromatic heterocycles. The van der Waals surface area contributed by atoms with E-state index in [0.717, 1.165) is 37.6 Å². The molecule has 0 aliphatic carbocycles. The Balaban J connectivity index is 1.27. The SMILES string of the molecule is C[C@H](c1ccc(F)cc1)N1CCN(c2cc(Oc3cccc4[nH]c(=O)[nH]c34)ncn2)CC1. The van der Waals surface area contributed by atoms with Crippen LogP contribution < -0.4 is 15.3 Å². The van der Waals surface area contributed by atoms with Gasteiger partial charge in [0.2, 0.25) is 5.88 Å². The Hall–Kier alpha value is -3.72. The molecule has 0 amide bonds. The predicted octanol–water partition coefficient (Wildman–Crippen LogP) is 3.46. The number of imidazole rings is 1. The number of hydrogen-bond acceptors (Lipinski definition) is 6. The number of aromatic nitrogens is 4. The van der Waals surface area contributed by atoms with Gasteiger partial charge in [-0.1, -0.05) is 18.2 Å². The van der Waals surface area contributed by atoms with Crippen LogP contribution in [0.25, 0.3) is 11.0 Å². The molecule has 2 aromatic carbocycles. The van der Waals surface area contributed by atoms with Crippen molar-refractivity contribution in [2.75, 3.05) is 31.1 Å². The molecule has 32 heavy (non-hydrogen) atoms. The molecule has 4 aromatic rings. The summed E-state index contributed by atoms with van der Waals surface area (Å²) in [5.41, 5.74) is 2.09. The van der Waals surface area contributed by atoms with Gasteiger partial charge in [0.05, 0.1) is 5.52 Å². The zero-order valence-electron chi connectivity index (χ0n) is 17.6. The van der Waals surface area contributed by atoms with Gasteiger partial charge in [-0.15, -0.1) is 0 Å². The minimum atomic E-state index is -0.285. The van der Waals surface area contributed by atoms with E-state index in [0.29, 0.717) is 22.7 Å². The number of nitrogens with zero attached hydrogens (tertiary/aromatic N) is 4. The van der Waals surface area contributed by atoms with Gasteiger partial charge in [0, 0.05) is 38.3 Å². The largest absolute Gasteiger partial charge is 0.437 e. The predicted molar refractivity (Wildman–Crippen MR) is 120 cm³/mol. The maximum absolute atomic E-state index is 13.2. The zero-order valence-corrected chi connectivity index (χ0v) is 17.6. The molecule has 5 rings (SSSR count). The summed E-state index contributed by atoms with van der Waals surface area (Å²) >= 11 is 0. The molecule has 0 spiro atoms. The van der Waals surface area contributed by atoms with Gasteiger partial charge in [-0.25, -0.2) is 19.2 Å². The molecule has 1 atom stereocenters. The minimum Gasteiger partial charge on any atom is -0.437 e. The number of nitrogens with one attached hydrogen (secondary N) is 2. The highest BCUT2D eigenvalue weighted by molar-refractivity contribution is 5.81. The first-order valence-electron chi connectivity index (χ1n) is 10.5. The van der Waals surface area contributed by atoms with Gasteiger partial charge in [-0.2, -0.15) is 0 Å². The Kier molecular flexibility index (Phi) is 5.32. The second-order valence-corrected chi connectivity index (χ2v) is 7.82. The first kappa shape index (κ1) is 20.2. The fraction of sp³-hybridized carbons (Fsp3) is 0.261. The third kappa shape index (κ3) is 4.06. The van der Waals surface area contributed by atoms with Crippen LogP contribution in [0.5, 0.6) is 11.6 Å². The van der Waals surface area contributed by atoms with Crippen LogP contribution in [0.15, 0.2) is 59.7 Å². The van der Waals surface area contributed by atoms with E-state index in [2.05, 4.69) is 36.7 Å². The Morgan fingerprint density at radius 3 is 2.59 bits per heavy atom.